The predicted octanol–water partition coefficient (Wildman–Crippen LogP) is 4.53. The number of hydrogen-bond acceptors (Lipinski definition) is 5. The number of nitrogens with one attached hydrogen (secondary N) is 2. The third kappa shape index (κ3) is 4.73. The molecule has 0 aliphatic heterocycles. The van der Waals surface area contributed by atoms with E-state index in [1.807, 2.05) is 0 Å². The first-order valence-electron chi connectivity index (χ1n) is 8.73. The van der Waals surface area contributed by atoms with Gasteiger partial charge in [-0.15, -0.1) is 0 Å². The van der Waals surface area contributed by atoms with Gasteiger partial charge in [-0.1, -0.05) is 18.2 Å². The molecule has 6 nitrogen and oxygen atoms in total. The number of hydrogen-bond donors (Lipinski definition) is 2. The van der Waals surface area contributed by atoms with Crippen LogP contribution in [-0.2, 0) is 4.74 Å². The van der Waals surface area contributed by atoms with Gasteiger partial charge < -0.3 is 15.4 Å². The largest absolute Gasteiger partial charge is 0.462 e. The molecule has 1 aromatic heterocycles. The fourth-order valence-corrected chi connectivity index (χ4v) is 2.57. The number of anilines is 3. The molecule has 0 fully saturated rings. The van der Waals surface area contributed by atoms with E-state index in [0.717, 1.165) is 12.1 Å². The van der Waals surface area contributed by atoms with Crippen molar-refractivity contribution in [3.63, 3.8) is 0 Å². The van der Waals surface area contributed by atoms with E-state index in [2.05, 4.69) is 15.6 Å². The zero-order valence-corrected chi connectivity index (χ0v) is 15.4. The molecule has 0 aliphatic rings. The molecule has 0 saturated carbocycles. The fraction of sp³-hybridized carbons (Fsp3) is 0.0952. The van der Waals surface area contributed by atoms with E-state index in [0.29, 0.717) is 0 Å². The van der Waals surface area contributed by atoms with E-state index in [9.17, 15) is 18.4 Å². The Labute approximate surface area is 165 Å². The lowest BCUT2D eigenvalue weighted by Gasteiger charge is -2.12. The van der Waals surface area contributed by atoms with Crippen LogP contribution in [0.25, 0.3) is 0 Å². The second-order valence-electron chi connectivity index (χ2n) is 5.90. The molecule has 0 aliphatic carbocycles. The number of esters is 1. The van der Waals surface area contributed by atoms with Gasteiger partial charge in [-0.3, -0.25) is 9.78 Å². The van der Waals surface area contributed by atoms with Crippen molar-refractivity contribution in [1.29, 1.82) is 0 Å². The van der Waals surface area contributed by atoms with Gasteiger partial charge in [0.25, 0.3) is 5.91 Å². The van der Waals surface area contributed by atoms with Gasteiger partial charge >= 0.3 is 5.97 Å². The maximum Gasteiger partial charge on any atom is 0.340 e. The normalized spacial score (nSPS) is 10.3. The van der Waals surface area contributed by atoms with E-state index in [4.69, 9.17) is 4.74 Å². The standard InChI is InChI=1S/C21H17F2N3O3/c1-2-29-21(28)15-6-3-4-9-18(15)26-20(27)13-10-14(12-24-11-13)25-19-16(22)7-5-8-17(19)23/h3-12,25H,2H2,1H3,(H,26,27). The van der Waals surface area contributed by atoms with E-state index >= 15 is 0 Å². The van der Waals surface area contributed by atoms with Crippen molar-refractivity contribution in [3.8, 4) is 0 Å². The molecule has 2 aromatic carbocycles. The predicted molar refractivity (Wildman–Crippen MR) is 104 cm³/mol. The molecule has 29 heavy (non-hydrogen) atoms. The average molecular weight is 397 g/mol. The van der Waals surface area contributed by atoms with Crippen LogP contribution >= 0.6 is 0 Å². The number of amides is 1. The summed E-state index contributed by atoms with van der Waals surface area (Å²) in [5.74, 6) is -2.66. The van der Waals surface area contributed by atoms with Crippen LogP contribution in [0.5, 0.6) is 0 Å². The molecule has 2 N–H and O–H groups in total. The second kappa shape index (κ2) is 8.92. The topological polar surface area (TPSA) is 80.3 Å². The number of carbonyl (C=O) groups excluding carboxylic acids is 2. The van der Waals surface area contributed by atoms with Gasteiger partial charge in [-0.25, -0.2) is 13.6 Å². The highest BCUT2D eigenvalue weighted by atomic mass is 19.1. The number of rotatable bonds is 6. The van der Waals surface area contributed by atoms with Gasteiger partial charge in [-0.05, 0) is 37.3 Å². The summed E-state index contributed by atoms with van der Waals surface area (Å²) in [6.45, 7) is 1.88. The van der Waals surface area contributed by atoms with Crippen LogP contribution in [0.4, 0.5) is 25.8 Å². The van der Waals surface area contributed by atoms with Crippen LogP contribution in [0.3, 0.4) is 0 Å². The smallest absolute Gasteiger partial charge is 0.340 e. The Hall–Kier alpha value is -3.81. The molecule has 0 saturated heterocycles. The number of carbonyl (C=O) groups is 2. The van der Waals surface area contributed by atoms with Crippen molar-refractivity contribution < 1.29 is 23.1 Å². The molecular weight excluding hydrogens is 380 g/mol. The Morgan fingerprint density at radius 3 is 2.48 bits per heavy atom. The Bertz CT molecular complexity index is 1040. The lowest BCUT2D eigenvalue weighted by molar-refractivity contribution is 0.0527. The zero-order chi connectivity index (χ0) is 20.8. The van der Waals surface area contributed by atoms with Crippen LogP contribution in [0.2, 0.25) is 0 Å². The summed E-state index contributed by atoms with van der Waals surface area (Å²) in [7, 11) is 0. The Morgan fingerprint density at radius 2 is 1.76 bits per heavy atom. The lowest BCUT2D eigenvalue weighted by atomic mass is 10.1. The summed E-state index contributed by atoms with van der Waals surface area (Å²) in [4.78, 5) is 28.6. The molecule has 148 valence electrons. The fourth-order valence-electron chi connectivity index (χ4n) is 2.57. The van der Waals surface area contributed by atoms with Gasteiger partial charge in [0.05, 0.1) is 35.3 Å². The number of benzene rings is 2. The number of halogens is 2. The SMILES string of the molecule is CCOC(=O)c1ccccc1NC(=O)c1cncc(Nc2c(F)cccc2F)c1. The van der Waals surface area contributed by atoms with Crippen molar-refractivity contribution in [2.24, 2.45) is 0 Å². The molecule has 0 bridgehead atoms. The van der Waals surface area contributed by atoms with Crippen molar-refractivity contribution in [3.05, 3.63) is 83.7 Å². The molecule has 0 atom stereocenters. The molecule has 0 unspecified atom stereocenters. The summed E-state index contributed by atoms with van der Waals surface area (Å²) in [5, 5.41) is 5.20. The summed E-state index contributed by atoms with van der Waals surface area (Å²) in [6, 6.07) is 11.3. The highest BCUT2D eigenvalue weighted by molar-refractivity contribution is 6.08. The Kier molecular flexibility index (Phi) is 6.13. The highest BCUT2D eigenvalue weighted by Crippen LogP contribution is 2.24. The summed E-state index contributed by atoms with van der Waals surface area (Å²) in [5.41, 5.74) is 0.484. The lowest BCUT2D eigenvalue weighted by Crippen LogP contribution is -2.16. The number of aromatic nitrogens is 1. The Morgan fingerprint density at radius 1 is 1.03 bits per heavy atom. The number of para-hydroxylation sites is 2. The van der Waals surface area contributed by atoms with Gasteiger partial charge in [-0.2, -0.15) is 0 Å². The maximum absolute atomic E-state index is 13.8. The molecule has 0 spiro atoms. The molecule has 1 heterocycles. The van der Waals surface area contributed by atoms with Crippen molar-refractivity contribution in [1.82, 2.24) is 4.98 Å². The van der Waals surface area contributed by atoms with Crippen LogP contribution in [0.1, 0.15) is 27.6 Å². The van der Waals surface area contributed by atoms with E-state index < -0.39 is 23.5 Å². The van der Waals surface area contributed by atoms with Gasteiger partial charge in [0.2, 0.25) is 0 Å². The maximum atomic E-state index is 13.8. The molecule has 3 rings (SSSR count). The van der Waals surface area contributed by atoms with Gasteiger partial charge in [0, 0.05) is 6.20 Å². The first-order chi connectivity index (χ1) is 14.0. The number of nitrogens with zero attached hydrogens (tertiary/aromatic N) is 1. The van der Waals surface area contributed by atoms with Crippen LogP contribution < -0.4 is 10.6 Å². The first kappa shape index (κ1) is 19.9. The molecule has 0 radical (unpaired) electrons. The third-order valence-corrected chi connectivity index (χ3v) is 3.90. The average Bonchev–Trinajstić information content (AvgIpc) is 2.71. The van der Waals surface area contributed by atoms with Crippen molar-refractivity contribution >= 4 is 28.9 Å². The van der Waals surface area contributed by atoms with Crippen LogP contribution in [0, 0.1) is 11.6 Å². The highest BCUT2D eigenvalue weighted by Gasteiger charge is 2.16. The summed E-state index contributed by atoms with van der Waals surface area (Å²) >= 11 is 0. The summed E-state index contributed by atoms with van der Waals surface area (Å²) in [6.07, 6.45) is 2.63. The minimum absolute atomic E-state index is 0.130. The molecular formula is C21H17F2N3O3. The Balaban J connectivity index is 1.81. The number of ether oxygens (including phenoxy) is 1. The van der Waals surface area contributed by atoms with E-state index in [1.165, 1.54) is 30.6 Å². The molecule has 8 heteroatoms. The zero-order valence-electron chi connectivity index (χ0n) is 15.4. The minimum atomic E-state index is -0.775. The third-order valence-electron chi connectivity index (χ3n) is 3.90. The van der Waals surface area contributed by atoms with Crippen LogP contribution in [-0.4, -0.2) is 23.5 Å². The minimum Gasteiger partial charge on any atom is -0.462 e. The second-order valence-corrected chi connectivity index (χ2v) is 5.90. The summed E-state index contributed by atoms with van der Waals surface area (Å²) < 4.78 is 32.6. The van der Waals surface area contributed by atoms with Crippen molar-refractivity contribution in [2.45, 2.75) is 6.92 Å². The van der Waals surface area contributed by atoms with Crippen LogP contribution in [0.15, 0.2) is 60.9 Å². The number of pyridine rings is 1. The molecule has 1 amide bonds. The molecule has 3 aromatic rings. The van der Waals surface area contributed by atoms with Gasteiger partial charge in [0.1, 0.15) is 17.3 Å². The van der Waals surface area contributed by atoms with E-state index in [-0.39, 0.29) is 34.8 Å². The quantitative estimate of drug-likeness (QED) is 0.598. The monoisotopic (exact) mass is 397 g/mol. The van der Waals surface area contributed by atoms with E-state index in [1.54, 1.807) is 25.1 Å². The van der Waals surface area contributed by atoms with Gasteiger partial charge in [0.15, 0.2) is 0 Å². The van der Waals surface area contributed by atoms with Crippen molar-refractivity contribution in [2.75, 3.05) is 17.2 Å². The first-order valence-corrected chi connectivity index (χ1v) is 8.73.